The van der Waals surface area contributed by atoms with Crippen LogP contribution in [0.2, 0.25) is 0 Å². The molecule has 0 radical (unpaired) electrons. The molecule has 296 valence electrons. The molecule has 0 aliphatic rings. The minimum Gasteiger partial charge on any atom is -0.0654 e. The molecule has 0 unspecified atom stereocenters. The van der Waals surface area contributed by atoms with E-state index < -0.39 is 0 Å². The minimum absolute atomic E-state index is 1.37. The van der Waals surface area contributed by atoms with E-state index in [2.05, 4.69) is 13.8 Å². The molecule has 0 bridgehead atoms. The van der Waals surface area contributed by atoms with Gasteiger partial charge in [0.1, 0.15) is 0 Å². The normalized spacial score (nSPS) is 11.6. The van der Waals surface area contributed by atoms with Gasteiger partial charge in [0.2, 0.25) is 0 Å². The van der Waals surface area contributed by atoms with Crippen LogP contribution < -0.4 is 0 Å². The third-order valence-corrected chi connectivity index (χ3v) is 11.7. The maximum Gasteiger partial charge on any atom is -0.0533 e. The highest BCUT2D eigenvalue weighted by Crippen LogP contribution is 2.18. The van der Waals surface area contributed by atoms with Crippen LogP contribution in [0, 0.1) is 0 Å². The lowest BCUT2D eigenvalue weighted by Gasteiger charge is -2.05. The van der Waals surface area contributed by atoms with Crippen LogP contribution in [-0.4, -0.2) is 0 Å². The first-order valence-electron chi connectivity index (χ1n) is 24.4. The predicted molar refractivity (Wildman–Crippen MR) is 228 cm³/mol. The molecule has 0 fully saturated rings. The van der Waals surface area contributed by atoms with E-state index in [1.165, 1.54) is 302 Å². The Morgan fingerprint density at radius 3 is 0.224 bits per heavy atom. The molecule has 0 nitrogen and oxygen atoms in total. The minimum atomic E-state index is 1.37. The fraction of sp³-hybridized carbons (Fsp3) is 1.00. The zero-order valence-electron chi connectivity index (χ0n) is 35.2. The number of unbranched alkanes of at least 4 members (excludes halogenated alkanes) is 46. The summed E-state index contributed by atoms with van der Waals surface area (Å²) in [7, 11) is 0. The van der Waals surface area contributed by atoms with Crippen molar-refractivity contribution in [3.63, 3.8) is 0 Å². The molecule has 0 spiro atoms. The quantitative estimate of drug-likeness (QED) is 0.0558. The van der Waals surface area contributed by atoms with Gasteiger partial charge in [0.15, 0.2) is 0 Å². The van der Waals surface area contributed by atoms with Crippen molar-refractivity contribution in [3.8, 4) is 0 Å². The fourth-order valence-corrected chi connectivity index (χ4v) is 8.10. The molecule has 0 aliphatic carbocycles. The van der Waals surface area contributed by atoms with E-state index in [0.29, 0.717) is 0 Å². The van der Waals surface area contributed by atoms with Crippen molar-refractivity contribution in [3.05, 3.63) is 0 Å². The lowest BCUT2D eigenvalue weighted by Crippen LogP contribution is -1.85. The summed E-state index contributed by atoms with van der Waals surface area (Å²) in [5.41, 5.74) is 0. The average molecular weight is 689 g/mol. The van der Waals surface area contributed by atoms with Gasteiger partial charge in [-0.25, -0.2) is 0 Å². The van der Waals surface area contributed by atoms with Crippen LogP contribution in [0.25, 0.3) is 0 Å². The van der Waals surface area contributed by atoms with Crippen LogP contribution in [0.15, 0.2) is 0 Å². The monoisotopic (exact) mass is 689 g/mol. The van der Waals surface area contributed by atoms with E-state index in [-0.39, 0.29) is 0 Å². The molecule has 0 aliphatic heterocycles. The van der Waals surface area contributed by atoms with Crippen molar-refractivity contribution in [2.45, 2.75) is 316 Å². The summed E-state index contributed by atoms with van der Waals surface area (Å²) in [4.78, 5) is 0. The van der Waals surface area contributed by atoms with Crippen LogP contribution in [-0.2, 0) is 0 Å². The summed E-state index contributed by atoms with van der Waals surface area (Å²) in [6.45, 7) is 4.62. The first kappa shape index (κ1) is 49.0. The predicted octanol–water partition coefficient (Wildman–Crippen LogP) is 19.4. The van der Waals surface area contributed by atoms with Crippen molar-refractivity contribution in [2.75, 3.05) is 0 Å². The van der Waals surface area contributed by atoms with Crippen molar-refractivity contribution in [1.82, 2.24) is 0 Å². The molecule has 0 aromatic heterocycles. The van der Waals surface area contributed by atoms with Crippen LogP contribution in [0.3, 0.4) is 0 Å². The van der Waals surface area contributed by atoms with E-state index in [0.717, 1.165) is 0 Å². The first-order chi connectivity index (χ1) is 24.4. The van der Waals surface area contributed by atoms with E-state index in [9.17, 15) is 0 Å². The van der Waals surface area contributed by atoms with Crippen molar-refractivity contribution in [2.24, 2.45) is 0 Å². The van der Waals surface area contributed by atoms with Gasteiger partial charge in [0.05, 0.1) is 0 Å². The topological polar surface area (TPSA) is 0 Å². The highest BCUT2D eigenvalue weighted by molar-refractivity contribution is 4.54. The van der Waals surface area contributed by atoms with Crippen molar-refractivity contribution in [1.29, 1.82) is 0 Å². The number of hydrogen-bond acceptors (Lipinski definition) is 0. The van der Waals surface area contributed by atoms with Crippen molar-refractivity contribution < 1.29 is 0 Å². The number of hydrogen-bond donors (Lipinski definition) is 0. The molecule has 0 rings (SSSR count). The summed E-state index contributed by atoms with van der Waals surface area (Å²) in [6, 6.07) is 0. The maximum absolute atomic E-state index is 2.31. The second kappa shape index (κ2) is 48.0. The first-order valence-corrected chi connectivity index (χ1v) is 24.4. The summed E-state index contributed by atoms with van der Waals surface area (Å²) in [5, 5.41) is 0. The Bertz CT molecular complexity index is 476. The van der Waals surface area contributed by atoms with Gasteiger partial charge >= 0.3 is 0 Å². The highest BCUT2D eigenvalue weighted by Gasteiger charge is 1.98. The van der Waals surface area contributed by atoms with Gasteiger partial charge in [0.25, 0.3) is 0 Å². The Labute approximate surface area is 314 Å². The third kappa shape index (κ3) is 48.0. The van der Waals surface area contributed by atoms with Crippen molar-refractivity contribution >= 4 is 0 Å². The van der Waals surface area contributed by atoms with Gasteiger partial charge in [-0.3, -0.25) is 0 Å². The summed E-state index contributed by atoms with van der Waals surface area (Å²) < 4.78 is 0. The van der Waals surface area contributed by atoms with E-state index in [1.54, 1.807) is 0 Å². The summed E-state index contributed by atoms with van der Waals surface area (Å²) in [5.74, 6) is 0. The van der Waals surface area contributed by atoms with Crippen LogP contribution in [0.1, 0.15) is 316 Å². The molecular weight excluding hydrogens is 589 g/mol. The van der Waals surface area contributed by atoms with Gasteiger partial charge in [-0.15, -0.1) is 0 Å². The zero-order valence-corrected chi connectivity index (χ0v) is 35.2. The molecule has 0 N–H and O–H groups in total. The average Bonchev–Trinajstić information content (AvgIpc) is 3.11. The van der Waals surface area contributed by atoms with Gasteiger partial charge in [-0.2, -0.15) is 0 Å². The van der Waals surface area contributed by atoms with Gasteiger partial charge < -0.3 is 0 Å². The molecule has 0 saturated heterocycles. The third-order valence-electron chi connectivity index (χ3n) is 11.7. The highest BCUT2D eigenvalue weighted by atomic mass is 14.0. The smallest absolute Gasteiger partial charge is 0.0533 e. The van der Waals surface area contributed by atoms with Gasteiger partial charge in [0, 0.05) is 0 Å². The summed E-state index contributed by atoms with van der Waals surface area (Å²) in [6.07, 6.45) is 69.9. The lowest BCUT2D eigenvalue weighted by atomic mass is 10.0. The fourth-order valence-electron chi connectivity index (χ4n) is 8.10. The van der Waals surface area contributed by atoms with Crippen LogP contribution in [0.4, 0.5) is 0 Å². The molecule has 49 heavy (non-hydrogen) atoms. The van der Waals surface area contributed by atoms with Gasteiger partial charge in [-0.05, 0) is 0 Å². The maximum atomic E-state index is 2.31. The Hall–Kier alpha value is 0. The standard InChI is InChI=1S/C49H100/c1-3-5-7-9-11-13-15-17-19-21-23-25-27-29-31-33-35-37-39-41-43-45-47-49-48-46-44-42-40-38-36-34-32-30-28-26-24-22-20-18-16-14-12-10-8-6-4-2/h3-49H2,1-2H3. The molecule has 0 atom stereocenters. The molecular formula is C49H100. The molecule has 0 saturated carbocycles. The summed E-state index contributed by atoms with van der Waals surface area (Å²) >= 11 is 0. The Morgan fingerprint density at radius 1 is 0.102 bits per heavy atom. The van der Waals surface area contributed by atoms with E-state index in [1.807, 2.05) is 0 Å². The van der Waals surface area contributed by atoms with Crippen LogP contribution in [0.5, 0.6) is 0 Å². The largest absolute Gasteiger partial charge is 0.0654 e. The zero-order chi connectivity index (χ0) is 35.2. The Balaban J connectivity index is 3.04. The molecule has 0 heteroatoms. The second-order valence-corrected chi connectivity index (χ2v) is 16.9. The molecule has 0 aromatic carbocycles. The molecule has 0 aromatic rings. The second-order valence-electron chi connectivity index (χ2n) is 16.9. The Kier molecular flexibility index (Phi) is 48.0. The molecule has 0 amide bonds. The van der Waals surface area contributed by atoms with E-state index in [4.69, 9.17) is 0 Å². The lowest BCUT2D eigenvalue weighted by molar-refractivity contribution is 0.508. The SMILES string of the molecule is CCCCCCCCCCCCCCCCCCCCCCCCCCCCCCCCCCCCCCCCCCCCCCCCC. The molecule has 0 heterocycles. The van der Waals surface area contributed by atoms with E-state index >= 15 is 0 Å². The van der Waals surface area contributed by atoms with Gasteiger partial charge in [-0.1, -0.05) is 316 Å². The van der Waals surface area contributed by atoms with Crippen LogP contribution >= 0.6 is 0 Å². The number of rotatable bonds is 46. The Morgan fingerprint density at radius 2 is 0.163 bits per heavy atom.